The number of aromatic nitrogens is 1. The third-order valence-electron chi connectivity index (χ3n) is 5.10. The lowest BCUT2D eigenvalue weighted by atomic mass is 10.0. The number of amidine groups is 1. The Kier molecular flexibility index (Phi) is 5.59. The van der Waals surface area contributed by atoms with E-state index in [1.807, 2.05) is 6.07 Å². The molecule has 2 atom stereocenters. The number of hydrogen-bond acceptors (Lipinski definition) is 6. The van der Waals surface area contributed by atoms with Crippen LogP contribution in [0, 0.1) is 0 Å². The summed E-state index contributed by atoms with van der Waals surface area (Å²) in [6.45, 7) is 5.28. The van der Waals surface area contributed by atoms with Crippen molar-refractivity contribution in [3.8, 4) is 0 Å². The van der Waals surface area contributed by atoms with Crippen LogP contribution in [0.1, 0.15) is 22.8 Å². The molecular weight excluding hydrogens is 406 g/mol. The van der Waals surface area contributed by atoms with Gasteiger partial charge in [-0.1, -0.05) is 24.8 Å². The van der Waals surface area contributed by atoms with E-state index in [1.165, 1.54) is 6.08 Å². The number of anilines is 1. The van der Waals surface area contributed by atoms with Gasteiger partial charge >= 0.3 is 0 Å². The normalized spacial score (nSPS) is 19.8. The summed E-state index contributed by atoms with van der Waals surface area (Å²) in [6.07, 6.45) is 7.65. The van der Waals surface area contributed by atoms with Crippen LogP contribution in [-0.2, 0) is 4.79 Å². The number of nitrogens with one attached hydrogen (secondary N) is 2. The van der Waals surface area contributed by atoms with Gasteiger partial charge in [-0.3, -0.25) is 14.6 Å². The van der Waals surface area contributed by atoms with Gasteiger partial charge in [-0.25, -0.2) is 4.98 Å². The van der Waals surface area contributed by atoms with Gasteiger partial charge in [0.2, 0.25) is 11.6 Å². The van der Waals surface area contributed by atoms with E-state index in [2.05, 4.69) is 27.2 Å². The van der Waals surface area contributed by atoms with Crippen molar-refractivity contribution < 1.29 is 14.2 Å². The highest BCUT2D eigenvalue weighted by atomic mass is 16.2. The average molecular weight is 428 g/mol. The fraction of sp³-hybridized carbons (Fsp3) is 0.0870. The van der Waals surface area contributed by atoms with Crippen LogP contribution in [0.4, 0.5) is 5.82 Å². The molecule has 1 aromatic heterocycles. The van der Waals surface area contributed by atoms with Gasteiger partial charge in [0.1, 0.15) is 17.7 Å². The van der Waals surface area contributed by atoms with Gasteiger partial charge in [0.25, 0.3) is 11.7 Å². The van der Waals surface area contributed by atoms with E-state index in [0.717, 1.165) is 0 Å². The molecule has 32 heavy (non-hydrogen) atoms. The Morgan fingerprint density at radius 1 is 1.19 bits per heavy atom. The van der Waals surface area contributed by atoms with Gasteiger partial charge in [0, 0.05) is 6.20 Å². The lowest BCUT2D eigenvalue weighted by molar-refractivity contribution is -0.750. The number of quaternary nitrogens is 1. The molecular formula is C23H22N7O2+. The van der Waals surface area contributed by atoms with Gasteiger partial charge in [0.15, 0.2) is 0 Å². The molecule has 2 amide bonds. The molecule has 2 aromatic rings. The number of hydrogen-bond donors (Lipinski definition) is 3. The van der Waals surface area contributed by atoms with Gasteiger partial charge in [0.05, 0.1) is 29.6 Å². The number of carbonyl (C=O) groups is 2. The number of nitrogens with zero attached hydrogens (tertiary/aromatic N) is 4. The van der Waals surface area contributed by atoms with Crippen LogP contribution in [-0.4, -0.2) is 39.5 Å². The van der Waals surface area contributed by atoms with Crippen molar-refractivity contribution in [2.45, 2.75) is 13.0 Å². The zero-order valence-corrected chi connectivity index (χ0v) is 17.4. The van der Waals surface area contributed by atoms with E-state index in [0.29, 0.717) is 34.2 Å². The Morgan fingerprint density at radius 2 is 1.97 bits per heavy atom. The van der Waals surface area contributed by atoms with Crippen molar-refractivity contribution in [2.75, 3.05) is 5.32 Å². The fourth-order valence-corrected chi connectivity index (χ4v) is 3.54. The van der Waals surface area contributed by atoms with Crippen LogP contribution in [0.5, 0.6) is 0 Å². The van der Waals surface area contributed by atoms with Gasteiger partial charge in [-0.15, -0.1) is 4.59 Å². The second kappa shape index (κ2) is 8.50. The highest BCUT2D eigenvalue weighted by Gasteiger charge is 2.46. The summed E-state index contributed by atoms with van der Waals surface area (Å²) in [4.78, 5) is 38.0. The smallest absolute Gasteiger partial charge is 0.265 e. The van der Waals surface area contributed by atoms with Crippen LogP contribution in [0.2, 0.25) is 0 Å². The van der Waals surface area contributed by atoms with E-state index in [-0.39, 0.29) is 16.4 Å². The van der Waals surface area contributed by atoms with Gasteiger partial charge in [-0.2, -0.15) is 10.8 Å². The molecule has 4 N–H and O–H groups in total. The second-order valence-corrected chi connectivity index (χ2v) is 7.21. The molecule has 0 aliphatic carbocycles. The maximum Gasteiger partial charge on any atom is 0.265 e. The minimum absolute atomic E-state index is 0.277. The molecule has 4 rings (SSSR count). The number of nitrogens with two attached hydrogens (primary N) is 1. The van der Waals surface area contributed by atoms with Crippen molar-refractivity contribution in [3.05, 3.63) is 96.2 Å². The summed E-state index contributed by atoms with van der Waals surface area (Å²) in [5.74, 6) is 6.94. The summed E-state index contributed by atoms with van der Waals surface area (Å²) in [5, 5.41) is 5.60. The molecule has 9 heteroatoms. The monoisotopic (exact) mass is 428 g/mol. The fourth-order valence-electron chi connectivity index (χ4n) is 3.54. The van der Waals surface area contributed by atoms with Crippen LogP contribution in [0.25, 0.3) is 0 Å². The van der Waals surface area contributed by atoms with Crippen molar-refractivity contribution in [2.24, 2.45) is 15.8 Å². The average Bonchev–Trinajstić information content (AvgIpc) is 3.12. The van der Waals surface area contributed by atoms with E-state index >= 15 is 0 Å². The Morgan fingerprint density at radius 3 is 2.72 bits per heavy atom. The van der Waals surface area contributed by atoms with E-state index in [9.17, 15) is 9.59 Å². The topological polar surface area (TPSA) is 122 Å². The molecule has 0 saturated carbocycles. The summed E-state index contributed by atoms with van der Waals surface area (Å²) in [6, 6.07) is 11.9. The standard InChI is InChI=1S/C23H21N7O2/c1-3-20(31)27-15(2)21-18-14-25-12-13-30(18,24)22(29-21)16-8-4-5-9-17(16)23(32)28-19-10-6-7-11-26-19/h3-15H,1,24H2,2H3,(H-,26,27,28,31,32)/p+1. The third kappa shape index (κ3) is 3.78. The molecule has 3 heterocycles. The van der Waals surface area contributed by atoms with Crippen LogP contribution < -0.4 is 16.5 Å². The van der Waals surface area contributed by atoms with Crippen molar-refractivity contribution in [3.63, 3.8) is 0 Å². The first-order valence-electron chi connectivity index (χ1n) is 9.91. The molecule has 160 valence electrons. The molecule has 0 fully saturated rings. The number of pyridine rings is 1. The van der Waals surface area contributed by atoms with Crippen molar-refractivity contribution in [1.29, 1.82) is 0 Å². The van der Waals surface area contributed by atoms with Crippen molar-refractivity contribution >= 4 is 29.7 Å². The van der Waals surface area contributed by atoms with Crippen LogP contribution in [0.3, 0.4) is 0 Å². The van der Waals surface area contributed by atoms with Crippen molar-refractivity contribution in [1.82, 2.24) is 10.3 Å². The SMILES string of the molecule is C=CC(=O)NC(C)C1=C2C=NC=C[N+]2(N)C(c2ccccc2C(=O)Nc2ccccn2)=N1. The van der Waals surface area contributed by atoms with Gasteiger partial charge < -0.3 is 10.6 Å². The first-order chi connectivity index (χ1) is 15.4. The maximum atomic E-state index is 13.1. The number of aliphatic imine (C=N–C) groups is 2. The number of fused-ring (bicyclic) bond motifs is 1. The lowest BCUT2D eigenvalue weighted by Crippen LogP contribution is -2.53. The Hall–Kier alpha value is -4.21. The Bertz CT molecular complexity index is 1210. The van der Waals surface area contributed by atoms with E-state index < -0.39 is 6.04 Å². The molecule has 2 unspecified atom stereocenters. The number of benzene rings is 1. The first kappa shape index (κ1) is 21.0. The minimum Gasteiger partial charge on any atom is -0.344 e. The number of carbonyl (C=O) groups excluding carboxylic acids is 2. The molecule has 0 radical (unpaired) electrons. The van der Waals surface area contributed by atoms with Crippen LogP contribution >= 0.6 is 0 Å². The zero-order valence-electron chi connectivity index (χ0n) is 17.4. The summed E-state index contributed by atoms with van der Waals surface area (Å²) in [5.41, 5.74) is 2.09. The largest absolute Gasteiger partial charge is 0.344 e. The number of rotatable bonds is 6. The predicted octanol–water partition coefficient (Wildman–Crippen LogP) is 2.24. The minimum atomic E-state index is -0.457. The van der Waals surface area contributed by atoms with Crippen LogP contribution in [0.15, 0.2) is 95.1 Å². The highest BCUT2D eigenvalue weighted by Crippen LogP contribution is 2.33. The van der Waals surface area contributed by atoms with Gasteiger partial charge in [-0.05, 0) is 37.3 Å². The molecule has 2 aliphatic rings. The molecule has 0 saturated heterocycles. The summed E-state index contributed by atoms with van der Waals surface area (Å²) in [7, 11) is 0. The molecule has 1 aromatic carbocycles. The summed E-state index contributed by atoms with van der Waals surface area (Å²) >= 11 is 0. The number of allylic oxidation sites excluding steroid dienone is 1. The zero-order chi connectivity index (χ0) is 22.7. The van der Waals surface area contributed by atoms with E-state index in [1.54, 1.807) is 68.1 Å². The second-order valence-electron chi connectivity index (χ2n) is 7.21. The molecule has 0 spiro atoms. The third-order valence-corrected chi connectivity index (χ3v) is 5.10. The molecule has 2 aliphatic heterocycles. The Balaban J connectivity index is 1.75. The Labute approximate surface area is 185 Å². The first-order valence-corrected chi connectivity index (χ1v) is 9.91. The predicted molar refractivity (Wildman–Crippen MR) is 122 cm³/mol. The lowest BCUT2D eigenvalue weighted by Gasteiger charge is -2.27. The maximum absolute atomic E-state index is 13.1. The molecule has 9 nitrogen and oxygen atoms in total. The quantitative estimate of drug-likeness (QED) is 0.371. The molecule has 0 bridgehead atoms. The van der Waals surface area contributed by atoms with E-state index in [4.69, 9.17) is 10.8 Å². The number of amides is 2. The highest BCUT2D eigenvalue weighted by molar-refractivity contribution is 6.13. The summed E-state index contributed by atoms with van der Waals surface area (Å²) < 4.78 is -0.277.